The normalized spacial score (nSPS) is 11.2. The highest BCUT2D eigenvalue weighted by atomic mass is 19.4. The largest absolute Gasteiger partial charge is 0.418 e. The van der Waals surface area contributed by atoms with Gasteiger partial charge in [0, 0.05) is 12.7 Å². The molecule has 0 fully saturated rings. The summed E-state index contributed by atoms with van der Waals surface area (Å²) < 4.78 is 39.3. The van der Waals surface area contributed by atoms with Crippen molar-refractivity contribution in [2.24, 2.45) is 0 Å². The van der Waals surface area contributed by atoms with Crippen LogP contribution in [0.15, 0.2) is 60.8 Å². The van der Waals surface area contributed by atoms with Gasteiger partial charge in [-0.25, -0.2) is 4.98 Å². The van der Waals surface area contributed by atoms with Crippen molar-refractivity contribution in [2.45, 2.75) is 19.6 Å². The number of halogens is 3. The molecule has 0 aliphatic rings. The number of alkyl halides is 3. The predicted octanol–water partition coefficient (Wildman–Crippen LogP) is 5.16. The third kappa shape index (κ3) is 4.50. The summed E-state index contributed by atoms with van der Waals surface area (Å²) in [6, 6.07) is 14.8. The van der Waals surface area contributed by atoms with E-state index in [1.807, 2.05) is 31.2 Å². The summed E-state index contributed by atoms with van der Waals surface area (Å²) in [5.41, 5.74) is 1.41. The van der Waals surface area contributed by atoms with Crippen molar-refractivity contribution in [1.29, 1.82) is 0 Å². The van der Waals surface area contributed by atoms with Crippen LogP contribution in [-0.2, 0) is 12.7 Å². The van der Waals surface area contributed by atoms with E-state index in [1.54, 1.807) is 0 Å². The second kappa shape index (κ2) is 7.43. The first-order chi connectivity index (χ1) is 12.4. The fraction of sp³-hybridized carbons (Fsp3) is 0.158. The Balaban J connectivity index is 1.74. The molecular weight excluding hydrogens is 341 g/mol. The molecule has 3 rings (SSSR count). The van der Waals surface area contributed by atoms with Gasteiger partial charge in [0.2, 0.25) is 5.95 Å². The number of rotatable bonds is 5. The fourth-order valence-electron chi connectivity index (χ4n) is 2.49. The van der Waals surface area contributed by atoms with Gasteiger partial charge in [0.05, 0.1) is 11.3 Å². The molecule has 0 saturated heterocycles. The molecule has 4 nitrogen and oxygen atoms in total. The van der Waals surface area contributed by atoms with Gasteiger partial charge in [0.25, 0.3) is 0 Å². The van der Waals surface area contributed by atoms with Gasteiger partial charge in [-0.1, -0.05) is 42.0 Å². The third-order valence-electron chi connectivity index (χ3n) is 3.68. The summed E-state index contributed by atoms with van der Waals surface area (Å²) in [7, 11) is 0. The quantitative estimate of drug-likeness (QED) is 0.661. The minimum atomic E-state index is -4.44. The fourth-order valence-corrected chi connectivity index (χ4v) is 2.49. The van der Waals surface area contributed by atoms with Crippen LogP contribution in [0.4, 0.5) is 30.6 Å². The molecule has 2 aromatic carbocycles. The van der Waals surface area contributed by atoms with Crippen molar-refractivity contribution in [3.8, 4) is 0 Å². The van der Waals surface area contributed by atoms with Gasteiger partial charge in [-0.05, 0) is 30.7 Å². The van der Waals surface area contributed by atoms with E-state index in [0.717, 1.165) is 17.2 Å². The topological polar surface area (TPSA) is 49.8 Å². The highest BCUT2D eigenvalue weighted by Crippen LogP contribution is 2.35. The Kier molecular flexibility index (Phi) is 5.06. The number of aryl methyl sites for hydroxylation is 1. The smallest absolute Gasteiger partial charge is 0.350 e. The number of nitrogens with zero attached hydrogens (tertiary/aromatic N) is 2. The molecule has 0 amide bonds. The summed E-state index contributed by atoms with van der Waals surface area (Å²) in [5, 5.41) is 5.79. The zero-order valence-corrected chi connectivity index (χ0v) is 14.0. The number of hydrogen-bond donors (Lipinski definition) is 2. The molecule has 0 saturated carbocycles. The minimum Gasteiger partial charge on any atom is -0.350 e. The van der Waals surface area contributed by atoms with Gasteiger partial charge in [-0.15, -0.1) is 0 Å². The molecule has 0 atom stereocenters. The van der Waals surface area contributed by atoms with E-state index in [0.29, 0.717) is 12.5 Å². The van der Waals surface area contributed by atoms with Crippen LogP contribution in [0.25, 0.3) is 0 Å². The first-order valence-electron chi connectivity index (χ1n) is 7.97. The molecule has 3 aromatic rings. The van der Waals surface area contributed by atoms with Gasteiger partial charge in [-0.3, -0.25) is 0 Å². The van der Waals surface area contributed by atoms with Crippen LogP contribution in [-0.4, -0.2) is 9.97 Å². The monoisotopic (exact) mass is 358 g/mol. The Bertz CT molecular complexity index is 894. The van der Waals surface area contributed by atoms with Crippen LogP contribution < -0.4 is 10.6 Å². The van der Waals surface area contributed by atoms with Crippen molar-refractivity contribution in [2.75, 3.05) is 10.6 Å². The summed E-state index contributed by atoms with van der Waals surface area (Å²) >= 11 is 0. The maximum Gasteiger partial charge on any atom is 0.418 e. The van der Waals surface area contributed by atoms with Crippen LogP contribution in [0.2, 0.25) is 0 Å². The summed E-state index contributed by atoms with van der Waals surface area (Å²) in [5.74, 6) is 0.615. The van der Waals surface area contributed by atoms with Gasteiger partial charge in [0.15, 0.2) is 0 Å². The number of nitrogens with one attached hydrogen (secondary N) is 2. The second-order valence-corrected chi connectivity index (χ2v) is 5.78. The van der Waals surface area contributed by atoms with Crippen LogP contribution in [0.5, 0.6) is 0 Å². The lowest BCUT2D eigenvalue weighted by Crippen LogP contribution is -2.10. The molecule has 0 radical (unpaired) electrons. The van der Waals surface area contributed by atoms with E-state index in [-0.39, 0.29) is 11.5 Å². The van der Waals surface area contributed by atoms with Crippen LogP contribution >= 0.6 is 0 Å². The lowest BCUT2D eigenvalue weighted by Gasteiger charge is -2.14. The van der Waals surface area contributed by atoms with E-state index in [1.165, 1.54) is 30.5 Å². The zero-order valence-electron chi connectivity index (χ0n) is 14.0. The molecule has 1 heterocycles. The Labute approximate surface area is 149 Å². The van der Waals surface area contributed by atoms with Crippen molar-refractivity contribution in [1.82, 2.24) is 9.97 Å². The number of hydrogen-bond acceptors (Lipinski definition) is 4. The first-order valence-corrected chi connectivity index (χ1v) is 7.97. The Morgan fingerprint density at radius 2 is 1.81 bits per heavy atom. The van der Waals surface area contributed by atoms with Gasteiger partial charge < -0.3 is 10.6 Å². The summed E-state index contributed by atoms with van der Waals surface area (Å²) in [6.45, 7) is 2.52. The van der Waals surface area contributed by atoms with Gasteiger partial charge in [-0.2, -0.15) is 18.2 Å². The van der Waals surface area contributed by atoms with E-state index >= 15 is 0 Å². The van der Waals surface area contributed by atoms with E-state index in [4.69, 9.17) is 0 Å². The maximum absolute atomic E-state index is 13.1. The molecule has 0 aliphatic carbocycles. The lowest BCUT2D eigenvalue weighted by molar-refractivity contribution is -0.136. The first kappa shape index (κ1) is 17.7. The Morgan fingerprint density at radius 3 is 2.58 bits per heavy atom. The molecule has 26 heavy (non-hydrogen) atoms. The van der Waals surface area contributed by atoms with Crippen molar-refractivity contribution < 1.29 is 13.2 Å². The Hall–Kier alpha value is -3.09. The molecule has 0 aliphatic heterocycles. The highest BCUT2D eigenvalue weighted by Gasteiger charge is 2.33. The van der Waals surface area contributed by atoms with Crippen molar-refractivity contribution in [3.05, 3.63) is 77.5 Å². The van der Waals surface area contributed by atoms with Crippen LogP contribution in [0.1, 0.15) is 16.7 Å². The number of para-hydroxylation sites is 1. The van der Waals surface area contributed by atoms with Crippen LogP contribution in [0.3, 0.4) is 0 Å². The molecule has 0 unspecified atom stereocenters. The molecule has 0 spiro atoms. The molecule has 7 heteroatoms. The predicted molar refractivity (Wildman–Crippen MR) is 95.3 cm³/mol. The molecule has 134 valence electrons. The molecular formula is C19H17F3N4. The molecule has 1 aromatic heterocycles. The van der Waals surface area contributed by atoms with Crippen molar-refractivity contribution >= 4 is 17.5 Å². The SMILES string of the molecule is Cc1cccc(CNc2nccc(Nc3ccccc3C(F)(F)F)n2)c1. The standard InChI is InChI=1S/C19H17F3N4/c1-13-5-4-6-14(11-13)12-24-18-23-10-9-17(26-18)25-16-8-3-2-7-15(16)19(20,21)22/h2-11H,12H2,1H3,(H2,23,24,25,26). The van der Waals surface area contributed by atoms with E-state index < -0.39 is 11.7 Å². The van der Waals surface area contributed by atoms with Gasteiger partial charge in [0.1, 0.15) is 5.82 Å². The summed E-state index contributed by atoms with van der Waals surface area (Å²) in [4.78, 5) is 8.33. The summed E-state index contributed by atoms with van der Waals surface area (Å²) in [6.07, 6.45) is -2.95. The van der Waals surface area contributed by atoms with Crippen LogP contribution in [0, 0.1) is 6.92 Å². The average Bonchev–Trinajstić information content (AvgIpc) is 2.60. The minimum absolute atomic E-state index is 0.0525. The lowest BCUT2D eigenvalue weighted by atomic mass is 10.1. The number of benzene rings is 2. The molecule has 2 N–H and O–H groups in total. The van der Waals surface area contributed by atoms with Crippen molar-refractivity contribution in [3.63, 3.8) is 0 Å². The zero-order chi connectivity index (χ0) is 18.6. The number of anilines is 3. The van der Waals surface area contributed by atoms with E-state index in [9.17, 15) is 13.2 Å². The second-order valence-electron chi connectivity index (χ2n) is 5.78. The molecule has 0 bridgehead atoms. The maximum atomic E-state index is 13.1. The van der Waals surface area contributed by atoms with E-state index in [2.05, 4.69) is 20.6 Å². The Morgan fingerprint density at radius 1 is 1.00 bits per heavy atom. The third-order valence-corrected chi connectivity index (χ3v) is 3.68. The number of aromatic nitrogens is 2. The van der Waals surface area contributed by atoms with Gasteiger partial charge >= 0.3 is 6.18 Å². The highest BCUT2D eigenvalue weighted by molar-refractivity contribution is 5.61. The average molecular weight is 358 g/mol.